The number of nitrogens with one attached hydrogen (secondary N) is 3. The van der Waals surface area contributed by atoms with E-state index in [4.69, 9.17) is 5.73 Å². The molecule has 5 nitrogen and oxygen atoms in total. The van der Waals surface area contributed by atoms with Crippen LogP contribution in [0.3, 0.4) is 0 Å². The highest BCUT2D eigenvalue weighted by molar-refractivity contribution is 5.13. The Morgan fingerprint density at radius 3 is 2.92 bits per heavy atom. The van der Waals surface area contributed by atoms with Crippen LogP contribution in [0.1, 0.15) is 11.7 Å². The van der Waals surface area contributed by atoms with Gasteiger partial charge in [0.15, 0.2) is 0 Å². The maximum absolute atomic E-state index is 5.56. The third-order valence-corrected chi connectivity index (χ3v) is 1.75. The zero-order valence-electron chi connectivity index (χ0n) is 6.49. The van der Waals surface area contributed by atoms with Crippen LogP contribution < -0.4 is 21.9 Å². The van der Waals surface area contributed by atoms with E-state index in [1.165, 1.54) is 0 Å². The topological polar surface area (TPSA) is 75.0 Å². The number of nitrogens with zero attached hydrogens (tertiary/aromatic N) is 1. The summed E-state index contributed by atoms with van der Waals surface area (Å²) in [5.41, 5.74) is 12.5. The molecule has 5 heteroatoms. The largest absolute Gasteiger partial charge is 0.303 e. The molecule has 12 heavy (non-hydrogen) atoms. The molecule has 2 unspecified atom stereocenters. The number of hydrazine groups is 1. The van der Waals surface area contributed by atoms with Crippen LogP contribution in [0.2, 0.25) is 0 Å². The lowest BCUT2D eigenvalue weighted by Crippen LogP contribution is -2.41. The summed E-state index contributed by atoms with van der Waals surface area (Å²) in [6.07, 6.45) is 3.39. The van der Waals surface area contributed by atoms with Gasteiger partial charge in [0.2, 0.25) is 0 Å². The molecule has 0 aromatic carbocycles. The van der Waals surface area contributed by atoms with Crippen LogP contribution in [0.4, 0.5) is 0 Å². The van der Waals surface area contributed by atoms with E-state index in [1.807, 2.05) is 12.1 Å². The molecule has 0 spiro atoms. The Hall–Kier alpha value is -1.01. The zero-order valence-corrected chi connectivity index (χ0v) is 6.49. The smallest absolute Gasteiger partial charge is 0.123 e. The molecule has 0 bridgehead atoms. The Bertz CT molecular complexity index is 249. The van der Waals surface area contributed by atoms with Crippen molar-refractivity contribution < 1.29 is 0 Å². The van der Waals surface area contributed by atoms with Gasteiger partial charge in [-0.1, -0.05) is 6.07 Å². The lowest BCUT2D eigenvalue weighted by molar-refractivity contribution is 0.546. The molecule has 1 aromatic heterocycles. The van der Waals surface area contributed by atoms with Gasteiger partial charge >= 0.3 is 0 Å². The summed E-state index contributed by atoms with van der Waals surface area (Å²) >= 11 is 0. The number of rotatable bonds is 1. The molecule has 1 aliphatic rings. The van der Waals surface area contributed by atoms with E-state index in [-0.39, 0.29) is 12.5 Å². The van der Waals surface area contributed by atoms with Crippen LogP contribution in [0, 0.1) is 0 Å². The van der Waals surface area contributed by atoms with E-state index >= 15 is 0 Å². The van der Waals surface area contributed by atoms with Gasteiger partial charge in [-0.15, -0.1) is 0 Å². The summed E-state index contributed by atoms with van der Waals surface area (Å²) in [7, 11) is 0. The summed E-state index contributed by atoms with van der Waals surface area (Å²) in [4.78, 5) is 4.01. The molecule has 0 amide bonds. The summed E-state index contributed by atoms with van der Waals surface area (Å²) in [6.45, 7) is 0. The van der Waals surface area contributed by atoms with Crippen molar-refractivity contribution in [3.05, 3.63) is 30.1 Å². The van der Waals surface area contributed by atoms with Crippen molar-refractivity contribution in [3.8, 4) is 0 Å². The molecule has 64 valence electrons. The maximum atomic E-state index is 5.56. The van der Waals surface area contributed by atoms with Crippen molar-refractivity contribution >= 4 is 0 Å². The fraction of sp³-hybridized carbons (Fsp3) is 0.286. The predicted molar refractivity (Wildman–Crippen MR) is 44.4 cm³/mol. The molecule has 2 rings (SSSR count). The second-order valence-electron chi connectivity index (χ2n) is 2.65. The van der Waals surface area contributed by atoms with E-state index in [1.54, 1.807) is 12.4 Å². The quantitative estimate of drug-likeness (QED) is 0.430. The van der Waals surface area contributed by atoms with Gasteiger partial charge in [0.1, 0.15) is 12.5 Å². The lowest BCUT2D eigenvalue weighted by atomic mass is 10.2. The van der Waals surface area contributed by atoms with Gasteiger partial charge in [0.05, 0.1) is 0 Å². The van der Waals surface area contributed by atoms with Gasteiger partial charge in [-0.25, -0.2) is 10.9 Å². The standard InChI is InChI=1S/C7H11N5/c8-7-10-6(11-12-7)5-2-1-3-9-4-5/h1-4,6-7,10-12H,8H2. The first kappa shape index (κ1) is 7.63. The zero-order chi connectivity index (χ0) is 8.39. The van der Waals surface area contributed by atoms with E-state index < -0.39 is 0 Å². The van der Waals surface area contributed by atoms with E-state index in [0.29, 0.717) is 0 Å². The summed E-state index contributed by atoms with van der Waals surface area (Å²) in [6, 6.07) is 3.87. The molecule has 5 N–H and O–H groups in total. The van der Waals surface area contributed by atoms with Crippen molar-refractivity contribution in [2.75, 3.05) is 0 Å². The molecule has 1 aliphatic heterocycles. The Morgan fingerprint density at radius 2 is 2.33 bits per heavy atom. The summed E-state index contributed by atoms with van der Waals surface area (Å²) in [5.74, 6) is 0. The highest BCUT2D eigenvalue weighted by Gasteiger charge is 2.20. The second kappa shape index (κ2) is 3.16. The molecule has 1 fully saturated rings. The van der Waals surface area contributed by atoms with Gasteiger partial charge in [-0.3, -0.25) is 10.3 Å². The molecule has 0 aliphatic carbocycles. The Balaban J connectivity index is 2.11. The van der Waals surface area contributed by atoms with Crippen LogP contribution >= 0.6 is 0 Å². The molecule has 1 saturated heterocycles. The number of hydrogen-bond acceptors (Lipinski definition) is 5. The molecule has 2 atom stereocenters. The number of hydrogen-bond donors (Lipinski definition) is 4. The molecule has 2 heterocycles. The van der Waals surface area contributed by atoms with Gasteiger partial charge in [-0.2, -0.15) is 0 Å². The first-order valence-corrected chi connectivity index (χ1v) is 3.79. The highest BCUT2D eigenvalue weighted by Crippen LogP contribution is 2.08. The first-order valence-electron chi connectivity index (χ1n) is 3.79. The van der Waals surface area contributed by atoms with Crippen LogP contribution in [0.15, 0.2) is 24.5 Å². The molecule has 0 saturated carbocycles. The van der Waals surface area contributed by atoms with E-state index in [2.05, 4.69) is 21.2 Å². The number of nitrogens with two attached hydrogens (primary N) is 1. The fourth-order valence-corrected chi connectivity index (χ4v) is 1.16. The molecule has 0 radical (unpaired) electrons. The number of aromatic nitrogens is 1. The van der Waals surface area contributed by atoms with Crippen molar-refractivity contribution in [3.63, 3.8) is 0 Å². The molecular formula is C7H11N5. The minimum atomic E-state index is -0.199. The Morgan fingerprint density at radius 1 is 1.42 bits per heavy atom. The van der Waals surface area contributed by atoms with Gasteiger partial charge < -0.3 is 5.73 Å². The van der Waals surface area contributed by atoms with Crippen LogP contribution in [-0.2, 0) is 0 Å². The first-order chi connectivity index (χ1) is 5.86. The van der Waals surface area contributed by atoms with E-state index in [9.17, 15) is 0 Å². The fourth-order valence-electron chi connectivity index (χ4n) is 1.16. The van der Waals surface area contributed by atoms with Crippen LogP contribution in [-0.4, -0.2) is 11.3 Å². The summed E-state index contributed by atoms with van der Waals surface area (Å²) in [5, 5.41) is 3.09. The van der Waals surface area contributed by atoms with Gasteiger partial charge in [0.25, 0.3) is 0 Å². The third kappa shape index (κ3) is 1.44. The Kier molecular flexibility index (Phi) is 2.01. The molecule has 1 aromatic rings. The van der Waals surface area contributed by atoms with Crippen molar-refractivity contribution in [1.29, 1.82) is 0 Å². The Labute approximate surface area is 70.3 Å². The normalized spacial score (nSPS) is 29.1. The minimum Gasteiger partial charge on any atom is -0.303 e. The number of pyridine rings is 1. The van der Waals surface area contributed by atoms with Crippen molar-refractivity contribution in [1.82, 2.24) is 21.2 Å². The average molecular weight is 165 g/mol. The lowest BCUT2D eigenvalue weighted by Gasteiger charge is -2.08. The van der Waals surface area contributed by atoms with Crippen LogP contribution in [0.5, 0.6) is 0 Å². The highest BCUT2D eigenvalue weighted by atomic mass is 15.6. The van der Waals surface area contributed by atoms with Gasteiger partial charge in [-0.05, 0) is 6.07 Å². The SMILES string of the molecule is NC1NNC(c2cccnc2)N1. The third-order valence-electron chi connectivity index (χ3n) is 1.75. The monoisotopic (exact) mass is 165 g/mol. The summed E-state index contributed by atoms with van der Waals surface area (Å²) < 4.78 is 0. The average Bonchev–Trinajstić information content (AvgIpc) is 2.54. The molecular weight excluding hydrogens is 154 g/mol. The maximum Gasteiger partial charge on any atom is 0.123 e. The van der Waals surface area contributed by atoms with Gasteiger partial charge in [0, 0.05) is 18.0 Å². The van der Waals surface area contributed by atoms with Crippen LogP contribution in [0.25, 0.3) is 0 Å². The van der Waals surface area contributed by atoms with E-state index in [0.717, 1.165) is 5.56 Å². The minimum absolute atomic E-state index is 0.0497. The van der Waals surface area contributed by atoms with Crippen molar-refractivity contribution in [2.45, 2.75) is 12.5 Å². The predicted octanol–water partition coefficient (Wildman–Crippen LogP) is -0.980. The second-order valence-corrected chi connectivity index (χ2v) is 2.65. The van der Waals surface area contributed by atoms with Crippen molar-refractivity contribution in [2.24, 2.45) is 5.73 Å².